The van der Waals surface area contributed by atoms with Crippen molar-refractivity contribution in [3.63, 3.8) is 0 Å². The van der Waals surface area contributed by atoms with Crippen LogP contribution in [-0.2, 0) is 4.79 Å². The van der Waals surface area contributed by atoms with E-state index < -0.39 is 0 Å². The average Bonchev–Trinajstić information content (AvgIpc) is 3.04. The molecule has 132 valence electrons. The minimum absolute atomic E-state index is 0.175. The summed E-state index contributed by atoms with van der Waals surface area (Å²) in [5.41, 5.74) is 0. The minimum atomic E-state index is -0.175. The van der Waals surface area contributed by atoms with Gasteiger partial charge in [0.2, 0.25) is 0 Å². The second-order valence-electron chi connectivity index (χ2n) is 6.38. The number of unbranched alkanes of at least 4 members (excludes halogenated alkanes) is 12. The first-order valence-electron chi connectivity index (χ1n) is 9.52. The van der Waals surface area contributed by atoms with Gasteiger partial charge in [0.1, 0.15) is 6.33 Å². The quantitative estimate of drug-likeness (QED) is 0.410. The third kappa shape index (κ3) is 11.8. The van der Waals surface area contributed by atoms with Crippen LogP contribution < -0.4 is 4.84 Å². The predicted molar refractivity (Wildman–Crippen MR) is 94.1 cm³/mol. The number of rotatable bonds is 15. The van der Waals surface area contributed by atoms with E-state index in [1.165, 1.54) is 81.7 Å². The van der Waals surface area contributed by atoms with Crippen LogP contribution >= 0.6 is 0 Å². The van der Waals surface area contributed by atoms with Gasteiger partial charge in [0.15, 0.2) is 0 Å². The molecule has 0 spiro atoms. The van der Waals surface area contributed by atoms with E-state index in [4.69, 9.17) is 4.84 Å². The van der Waals surface area contributed by atoms with E-state index in [0.29, 0.717) is 6.42 Å². The average molecular weight is 322 g/mol. The lowest BCUT2D eigenvalue weighted by atomic mass is 10.0. The fourth-order valence-corrected chi connectivity index (χ4v) is 2.75. The van der Waals surface area contributed by atoms with Gasteiger partial charge in [-0.3, -0.25) is 0 Å². The van der Waals surface area contributed by atoms with E-state index in [1.54, 1.807) is 12.4 Å². The SMILES string of the molecule is CCCCCCCCCCCCCCCC(=O)On1ccnc1. The normalized spacial score (nSPS) is 10.8. The Morgan fingerprint density at radius 2 is 1.39 bits per heavy atom. The van der Waals surface area contributed by atoms with Crippen LogP contribution in [0.2, 0.25) is 0 Å². The first-order valence-corrected chi connectivity index (χ1v) is 9.52. The molecule has 0 radical (unpaired) electrons. The largest absolute Gasteiger partial charge is 0.336 e. The van der Waals surface area contributed by atoms with Crippen LogP contribution in [0.25, 0.3) is 0 Å². The molecule has 1 heterocycles. The summed E-state index contributed by atoms with van der Waals surface area (Å²) in [7, 11) is 0. The molecule has 0 atom stereocenters. The van der Waals surface area contributed by atoms with Gasteiger partial charge in [0.25, 0.3) is 0 Å². The molecule has 0 fully saturated rings. The summed E-state index contributed by atoms with van der Waals surface area (Å²) in [4.78, 5) is 20.4. The molecule has 1 aromatic rings. The zero-order valence-electron chi connectivity index (χ0n) is 14.8. The number of aromatic nitrogens is 2. The Kier molecular flexibility index (Phi) is 12.3. The first kappa shape index (κ1) is 19.7. The number of hydrogen-bond donors (Lipinski definition) is 0. The molecule has 0 saturated heterocycles. The number of carbonyl (C=O) groups is 1. The molecule has 4 nitrogen and oxygen atoms in total. The van der Waals surface area contributed by atoms with Gasteiger partial charge in [-0.2, -0.15) is 4.73 Å². The highest BCUT2D eigenvalue weighted by atomic mass is 16.7. The Morgan fingerprint density at radius 1 is 0.870 bits per heavy atom. The lowest BCUT2D eigenvalue weighted by Gasteiger charge is -2.04. The van der Waals surface area contributed by atoms with E-state index >= 15 is 0 Å². The van der Waals surface area contributed by atoms with E-state index in [-0.39, 0.29) is 5.97 Å². The van der Waals surface area contributed by atoms with Crippen LogP contribution in [0.1, 0.15) is 96.8 Å². The fourth-order valence-electron chi connectivity index (χ4n) is 2.75. The van der Waals surface area contributed by atoms with Gasteiger partial charge in [-0.1, -0.05) is 84.0 Å². The maximum Gasteiger partial charge on any atom is 0.332 e. The zero-order chi connectivity index (χ0) is 16.6. The van der Waals surface area contributed by atoms with Gasteiger partial charge in [0, 0.05) is 12.6 Å². The summed E-state index contributed by atoms with van der Waals surface area (Å²) in [6.45, 7) is 2.27. The van der Waals surface area contributed by atoms with Crippen LogP contribution in [0.5, 0.6) is 0 Å². The lowest BCUT2D eigenvalue weighted by molar-refractivity contribution is -0.144. The molecule has 1 aromatic heterocycles. The molecule has 0 aliphatic carbocycles. The van der Waals surface area contributed by atoms with Gasteiger partial charge in [-0.15, -0.1) is 0 Å². The molecule has 0 aliphatic rings. The standard InChI is InChI=1S/C19H34N2O2/c1-2-3-4-5-6-7-8-9-10-11-12-13-14-15-19(22)23-21-17-16-20-18-21/h16-18H,2-15H2,1H3. The summed E-state index contributed by atoms with van der Waals surface area (Å²) in [5.74, 6) is -0.175. The van der Waals surface area contributed by atoms with E-state index in [0.717, 1.165) is 12.8 Å². The first-order chi connectivity index (χ1) is 11.3. The topological polar surface area (TPSA) is 44.1 Å². The number of nitrogens with zero attached hydrogens (tertiary/aromatic N) is 2. The van der Waals surface area contributed by atoms with Crippen LogP contribution in [0.3, 0.4) is 0 Å². The Hall–Kier alpha value is -1.32. The van der Waals surface area contributed by atoms with Crippen LogP contribution in [0.15, 0.2) is 18.7 Å². The summed E-state index contributed by atoms with van der Waals surface area (Å²) in [6, 6.07) is 0. The van der Waals surface area contributed by atoms with Gasteiger partial charge < -0.3 is 4.84 Å². The van der Waals surface area contributed by atoms with Crippen LogP contribution in [0, 0.1) is 0 Å². The Morgan fingerprint density at radius 3 is 1.87 bits per heavy atom. The summed E-state index contributed by atoms with van der Waals surface area (Å²) < 4.78 is 1.35. The second kappa shape index (κ2) is 14.3. The Bertz CT molecular complexity index is 377. The molecule has 0 N–H and O–H groups in total. The van der Waals surface area contributed by atoms with Crippen molar-refractivity contribution in [2.45, 2.75) is 96.8 Å². The molecule has 0 unspecified atom stereocenters. The van der Waals surface area contributed by atoms with Crippen molar-refractivity contribution < 1.29 is 9.63 Å². The van der Waals surface area contributed by atoms with E-state index in [2.05, 4.69) is 11.9 Å². The highest BCUT2D eigenvalue weighted by Gasteiger charge is 2.03. The third-order valence-electron chi connectivity index (χ3n) is 4.17. The van der Waals surface area contributed by atoms with E-state index in [9.17, 15) is 4.79 Å². The number of carbonyl (C=O) groups excluding carboxylic acids is 1. The van der Waals surface area contributed by atoms with Crippen molar-refractivity contribution in [1.82, 2.24) is 9.71 Å². The Labute approximate surface area is 141 Å². The van der Waals surface area contributed by atoms with Crippen molar-refractivity contribution >= 4 is 5.97 Å². The molecule has 0 saturated carbocycles. The smallest absolute Gasteiger partial charge is 0.332 e. The third-order valence-corrected chi connectivity index (χ3v) is 4.17. The van der Waals surface area contributed by atoms with Crippen LogP contribution in [0.4, 0.5) is 0 Å². The molecule has 0 aromatic carbocycles. The van der Waals surface area contributed by atoms with Gasteiger partial charge >= 0.3 is 5.97 Å². The summed E-state index contributed by atoms with van der Waals surface area (Å²) in [5, 5.41) is 0. The Balaban J connectivity index is 1.77. The molecule has 0 aliphatic heterocycles. The number of imidazole rings is 1. The van der Waals surface area contributed by atoms with Crippen molar-refractivity contribution in [3.05, 3.63) is 18.7 Å². The summed E-state index contributed by atoms with van der Waals surface area (Å²) >= 11 is 0. The summed E-state index contributed by atoms with van der Waals surface area (Å²) in [6.07, 6.45) is 22.3. The van der Waals surface area contributed by atoms with Crippen LogP contribution in [-0.4, -0.2) is 15.7 Å². The monoisotopic (exact) mass is 322 g/mol. The van der Waals surface area contributed by atoms with Gasteiger partial charge in [-0.25, -0.2) is 9.78 Å². The maximum atomic E-state index is 11.5. The molecule has 0 amide bonds. The molecule has 1 rings (SSSR count). The lowest BCUT2D eigenvalue weighted by Crippen LogP contribution is -2.17. The maximum absolute atomic E-state index is 11.5. The van der Waals surface area contributed by atoms with Gasteiger partial charge in [-0.05, 0) is 6.42 Å². The molecule has 4 heteroatoms. The second-order valence-corrected chi connectivity index (χ2v) is 6.38. The van der Waals surface area contributed by atoms with Crippen molar-refractivity contribution in [2.75, 3.05) is 0 Å². The van der Waals surface area contributed by atoms with Crippen molar-refractivity contribution in [1.29, 1.82) is 0 Å². The zero-order valence-corrected chi connectivity index (χ0v) is 14.8. The minimum Gasteiger partial charge on any atom is -0.336 e. The molecular weight excluding hydrogens is 288 g/mol. The van der Waals surface area contributed by atoms with Crippen molar-refractivity contribution in [2.24, 2.45) is 0 Å². The van der Waals surface area contributed by atoms with E-state index in [1.807, 2.05) is 0 Å². The highest BCUT2D eigenvalue weighted by molar-refractivity contribution is 5.69. The molecule has 23 heavy (non-hydrogen) atoms. The molecule has 0 bridgehead atoms. The fraction of sp³-hybridized carbons (Fsp3) is 0.789. The predicted octanol–water partition coefficient (Wildman–Crippen LogP) is 5.32. The molecular formula is C19H34N2O2. The van der Waals surface area contributed by atoms with Crippen molar-refractivity contribution in [3.8, 4) is 0 Å². The highest BCUT2D eigenvalue weighted by Crippen LogP contribution is 2.12. The van der Waals surface area contributed by atoms with Gasteiger partial charge in [0.05, 0.1) is 6.20 Å². The number of hydrogen-bond acceptors (Lipinski definition) is 3.